The lowest BCUT2D eigenvalue weighted by Gasteiger charge is -2.37. The van der Waals surface area contributed by atoms with Gasteiger partial charge in [-0.3, -0.25) is 14.3 Å². The molecule has 1 aromatic carbocycles. The minimum absolute atomic E-state index is 0.0295. The molecule has 3 aliphatic rings. The van der Waals surface area contributed by atoms with Gasteiger partial charge in [-0.15, -0.1) is 0 Å². The molecule has 0 saturated heterocycles. The molecule has 2 bridgehead atoms. The van der Waals surface area contributed by atoms with Crippen LogP contribution < -0.4 is 10.9 Å². The van der Waals surface area contributed by atoms with Crippen molar-refractivity contribution in [2.24, 2.45) is 24.8 Å². The maximum Gasteiger partial charge on any atom is 0.286 e. The Bertz CT molecular complexity index is 1290. The normalized spacial score (nSPS) is 26.7. The Morgan fingerprint density at radius 1 is 1.10 bits per heavy atom. The number of aliphatic hydroxyl groups is 1. The van der Waals surface area contributed by atoms with Gasteiger partial charge in [-0.05, 0) is 69.6 Å². The summed E-state index contributed by atoms with van der Waals surface area (Å²) >= 11 is 0. The molecule has 2 aliphatic carbocycles. The summed E-state index contributed by atoms with van der Waals surface area (Å²) in [5, 5.41) is 12.2. The van der Waals surface area contributed by atoms with Crippen molar-refractivity contribution in [3.05, 3.63) is 63.8 Å². The maximum absolute atomic E-state index is 14.1. The van der Waals surface area contributed by atoms with Gasteiger partial charge < -0.3 is 29.4 Å². The number of nitrogens with one attached hydrogen (secondary N) is 1. The summed E-state index contributed by atoms with van der Waals surface area (Å²) in [4.78, 5) is 27.7. The zero-order chi connectivity index (χ0) is 29.6. The number of allylic oxidation sites excluding steroid dienone is 1. The Morgan fingerprint density at radius 2 is 1.86 bits per heavy atom. The van der Waals surface area contributed by atoms with E-state index in [4.69, 9.17) is 24.1 Å². The van der Waals surface area contributed by atoms with Crippen LogP contribution in [0.2, 0.25) is 0 Å². The van der Waals surface area contributed by atoms with Crippen LogP contribution in [0, 0.1) is 24.7 Å². The number of carbonyl (C=O) groups excluding carboxylic acids is 1. The van der Waals surface area contributed by atoms with Crippen molar-refractivity contribution in [3.8, 4) is 5.69 Å². The van der Waals surface area contributed by atoms with Crippen molar-refractivity contribution in [2.75, 3.05) is 39.6 Å². The second-order valence-electron chi connectivity index (χ2n) is 11.6. The second-order valence-corrected chi connectivity index (χ2v) is 11.6. The Labute approximate surface area is 247 Å². The summed E-state index contributed by atoms with van der Waals surface area (Å²) in [5.41, 5.74) is 2.08. The highest BCUT2D eigenvalue weighted by atomic mass is 16.7. The molecule has 1 amide bonds. The van der Waals surface area contributed by atoms with Crippen LogP contribution in [0.5, 0.6) is 0 Å². The van der Waals surface area contributed by atoms with Crippen molar-refractivity contribution in [2.45, 2.75) is 64.2 Å². The number of amides is 1. The molecule has 230 valence electrons. The van der Waals surface area contributed by atoms with E-state index in [9.17, 15) is 9.59 Å². The van der Waals surface area contributed by atoms with E-state index in [0.717, 1.165) is 24.2 Å². The number of nitrogens with zero attached hydrogens (tertiary/aromatic N) is 2. The Morgan fingerprint density at radius 3 is 2.52 bits per heavy atom. The fourth-order valence-electron chi connectivity index (χ4n) is 7.01. The molecule has 2 aromatic rings. The fraction of sp³-hybridized carbons (Fsp3) is 0.625. The van der Waals surface area contributed by atoms with Gasteiger partial charge in [0.05, 0.1) is 32.1 Å². The lowest BCUT2D eigenvalue weighted by atomic mass is 9.81. The second kappa shape index (κ2) is 14.0. The number of para-hydroxylation sites is 1. The molecule has 0 spiro atoms. The summed E-state index contributed by atoms with van der Waals surface area (Å²) < 4.78 is 27.0. The predicted octanol–water partition coefficient (Wildman–Crippen LogP) is 3.18. The number of hydrogen-bond acceptors (Lipinski definition) is 7. The van der Waals surface area contributed by atoms with E-state index in [0.29, 0.717) is 50.2 Å². The minimum atomic E-state index is -0.718. The van der Waals surface area contributed by atoms with E-state index >= 15 is 0 Å². The third kappa shape index (κ3) is 6.51. The standard InChI is InChI=1S/C32H45N3O7/c1-4-41-32-25(12-14-39-16-17-40-15-13-36)26(20-28(42-32)30(37)33-27-19-22-10-11-23(27)18-22)29-21(2)34(3)35(31(29)38)24-8-6-5-7-9-24/h5-9,20,22-23,25-27,32,36H,4,10-19H2,1-3H3,(H,33,37)/t22?,23?,25-,26-,27?,32+/m0/s1. The van der Waals surface area contributed by atoms with Crippen LogP contribution in [0.1, 0.15) is 56.2 Å². The van der Waals surface area contributed by atoms with E-state index in [2.05, 4.69) is 5.32 Å². The fourth-order valence-corrected chi connectivity index (χ4v) is 7.01. The maximum atomic E-state index is 14.1. The zero-order valence-corrected chi connectivity index (χ0v) is 25.0. The number of ether oxygens (including phenoxy) is 4. The molecule has 2 saturated carbocycles. The molecular weight excluding hydrogens is 538 g/mol. The molecule has 0 radical (unpaired) electrons. The van der Waals surface area contributed by atoms with Gasteiger partial charge in [-0.2, -0.15) is 0 Å². The summed E-state index contributed by atoms with van der Waals surface area (Å²) in [6.45, 7) is 5.64. The topological polar surface area (TPSA) is 113 Å². The van der Waals surface area contributed by atoms with Crippen molar-refractivity contribution in [3.63, 3.8) is 0 Å². The van der Waals surface area contributed by atoms with Gasteiger partial charge in [0, 0.05) is 49.4 Å². The van der Waals surface area contributed by atoms with Gasteiger partial charge in [-0.25, -0.2) is 4.68 Å². The molecule has 3 unspecified atom stereocenters. The number of fused-ring (bicyclic) bond motifs is 2. The van der Waals surface area contributed by atoms with Crippen LogP contribution in [0.25, 0.3) is 5.69 Å². The van der Waals surface area contributed by atoms with Gasteiger partial charge in [-0.1, -0.05) is 24.6 Å². The molecule has 1 aromatic heterocycles. The van der Waals surface area contributed by atoms with Crippen LogP contribution in [-0.4, -0.2) is 72.4 Å². The monoisotopic (exact) mass is 583 g/mol. The summed E-state index contributed by atoms with van der Waals surface area (Å²) in [7, 11) is 1.88. The highest BCUT2D eigenvalue weighted by molar-refractivity contribution is 5.92. The zero-order valence-electron chi connectivity index (χ0n) is 25.0. The SMILES string of the molecule is CCO[C@@H]1OC(C(=O)NC2CC3CCC2C3)=C[C@H](c2c(C)n(C)n(-c3ccccc3)c2=O)[C@@H]1CCOCCOCCO. The van der Waals surface area contributed by atoms with E-state index in [1.54, 1.807) is 4.68 Å². The van der Waals surface area contributed by atoms with Crippen molar-refractivity contribution in [1.82, 2.24) is 14.7 Å². The first-order chi connectivity index (χ1) is 20.4. The highest BCUT2D eigenvalue weighted by Gasteiger charge is 2.43. The number of aromatic nitrogens is 2. The highest BCUT2D eigenvalue weighted by Crippen LogP contribution is 2.45. The van der Waals surface area contributed by atoms with E-state index in [1.807, 2.05) is 62.0 Å². The van der Waals surface area contributed by atoms with Gasteiger partial charge in [0.25, 0.3) is 11.5 Å². The van der Waals surface area contributed by atoms with E-state index < -0.39 is 12.2 Å². The van der Waals surface area contributed by atoms with E-state index in [-0.39, 0.29) is 42.4 Å². The summed E-state index contributed by atoms with van der Waals surface area (Å²) in [5.74, 6) is 0.517. The van der Waals surface area contributed by atoms with Crippen LogP contribution >= 0.6 is 0 Å². The lowest BCUT2D eigenvalue weighted by molar-refractivity contribution is -0.168. The van der Waals surface area contributed by atoms with Crippen molar-refractivity contribution >= 4 is 5.91 Å². The average molecular weight is 584 g/mol. The number of hydrogen-bond donors (Lipinski definition) is 2. The molecule has 10 heteroatoms. The molecule has 42 heavy (non-hydrogen) atoms. The minimum Gasteiger partial charge on any atom is -0.459 e. The lowest BCUT2D eigenvalue weighted by Crippen LogP contribution is -2.44. The van der Waals surface area contributed by atoms with Gasteiger partial charge >= 0.3 is 0 Å². The number of aliphatic hydroxyl groups excluding tert-OH is 1. The largest absolute Gasteiger partial charge is 0.459 e. The molecule has 2 fully saturated rings. The molecule has 2 heterocycles. The van der Waals surface area contributed by atoms with Crippen LogP contribution in [-0.2, 0) is 30.8 Å². The first-order valence-electron chi connectivity index (χ1n) is 15.3. The third-order valence-corrected chi connectivity index (χ3v) is 9.13. The number of carbonyl (C=O) groups is 1. The molecule has 5 rings (SSSR count). The smallest absolute Gasteiger partial charge is 0.286 e. The van der Waals surface area contributed by atoms with Gasteiger partial charge in [0.15, 0.2) is 5.76 Å². The van der Waals surface area contributed by atoms with Crippen LogP contribution in [0.3, 0.4) is 0 Å². The molecule has 1 aliphatic heterocycles. The third-order valence-electron chi connectivity index (χ3n) is 9.13. The Kier molecular flexibility index (Phi) is 10.2. The Hall–Kier alpha value is -2.92. The molecule has 2 N–H and O–H groups in total. The van der Waals surface area contributed by atoms with Gasteiger partial charge in [0.1, 0.15) is 0 Å². The van der Waals surface area contributed by atoms with Gasteiger partial charge in [0.2, 0.25) is 6.29 Å². The predicted molar refractivity (Wildman–Crippen MR) is 157 cm³/mol. The molecule has 6 atom stereocenters. The number of benzene rings is 1. The first kappa shape index (κ1) is 30.5. The average Bonchev–Trinajstić information content (AvgIpc) is 3.67. The number of rotatable bonds is 14. The van der Waals surface area contributed by atoms with Crippen molar-refractivity contribution in [1.29, 1.82) is 0 Å². The summed E-state index contributed by atoms with van der Waals surface area (Å²) in [6, 6.07) is 9.72. The Balaban J connectivity index is 1.45. The van der Waals surface area contributed by atoms with Crippen molar-refractivity contribution < 1.29 is 28.8 Å². The van der Waals surface area contributed by atoms with E-state index in [1.165, 1.54) is 12.8 Å². The molecular formula is C32H45N3O7. The van der Waals surface area contributed by atoms with Crippen LogP contribution in [0.4, 0.5) is 0 Å². The quantitative estimate of drug-likeness (QED) is 0.329. The molecule has 10 nitrogen and oxygen atoms in total. The summed E-state index contributed by atoms with van der Waals surface area (Å²) in [6.07, 6.45) is 6.27. The first-order valence-corrected chi connectivity index (χ1v) is 15.3. The van der Waals surface area contributed by atoms with Crippen LogP contribution in [0.15, 0.2) is 47.0 Å².